The van der Waals surface area contributed by atoms with Crippen molar-refractivity contribution in [2.45, 2.75) is 108 Å². The van der Waals surface area contributed by atoms with Crippen molar-refractivity contribution in [1.82, 2.24) is 36.9 Å². The van der Waals surface area contributed by atoms with E-state index in [0.29, 0.717) is 29.7 Å². The Morgan fingerprint density at radius 1 is 0.712 bits per heavy atom. The third-order valence-electron chi connectivity index (χ3n) is 10.5. The number of carboxylic acid groups (broad SMARTS) is 1. The maximum absolute atomic E-state index is 13.9. The third-order valence-corrected chi connectivity index (χ3v) is 11.2. The van der Waals surface area contributed by atoms with Gasteiger partial charge in [-0.25, -0.2) is 4.79 Å². The molecule has 0 spiro atoms. The summed E-state index contributed by atoms with van der Waals surface area (Å²) in [6.07, 6.45) is 9.02. The Morgan fingerprint density at radius 2 is 1.29 bits per heavy atom. The van der Waals surface area contributed by atoms with E-state index in [1.165, 1.54) is 25.6 Å². The van der Waals surface area contributed by atoms with Crippen LogP contribution in [0, 0.1) is 5.92 Å². The number of aromatic amines is 1. The maximum atomic E-state index is 13.9. The van der Waals surface area contributed by atoms with Crippen molar-refractivity contribution in [3.63, 3.8) is 0 Å². The summed E-state index contributed by atoms with van der Waals surface area (Å²) in [4.78, 5) is 95.6. The first-order valence-corrected chi connectivity index (χ1v) is 21.5. The zero-order valence-electron chi connectivity index (χ0n) is 33.9. The van der Waals surface area contributed by atoms with Crippen molar-refractivity contribution in [1.29, 1.82) is 0 Å². The summed E-state index contributed by atoms with van der Waals surface area (Å²) in [5.41, 5.74) is 7.65. The topological polar surface area (TPSA) is 254 Å². The number of aliphatic carboxylic acids is 1. The van der Waals surface area contributed by atoms with Gasteiger partial charge in [-0.2, -0.15) is 11.8 Å². The maximum Gasteiger partial charge on any atom is 0.326 e. The normalized spacial score (nSPS) is 16.0. The lowest BCUT2D eigenvalue weighted by atomic mass is 9.84. The summed E-state index contributed by atoms with van der Waals surface area (Å²) in [6.45, 7) is 2.63. The first-order valence-electron chi connectivity index (χ1n) is 20.1. The summed E-state index contributed by atoms with van der Waals surface area (Å²) in [5.74, 6) is -4.28. The van der Waals surface area contributed by atoms with Crippen LogP contribution in [-0.2, 0) is 46.4 Å². The molecule has 0 unspecified atom stereocenters. The number of amides is 6. The fourth-order valence-electron chi connectivity index (χ4n) is 7.15. The lowest BCUT2D eigenvalue weighted by molar-refractivity contribution is -0.142. The van der Waals surface area contributed by atoms with E-state index < -0.39 is 77.7 Å². The minimum atomic E-state index is -1.29. The van der Waals surface area contributed by atoms with Gasteiger partial charge >= 0.3 is 5.97 Å². The quantitative estimate of drug-likeness (QED) is 0.0708. The molecule has 6 atom stereocenters. The molecule has 16 nitrogen and oxygen atoms in total. The van der Waals surface area contributed by atoms with Gasteiger partial charge in [-0.1, -0.05) is 80.6 Å². The van der Waals surface area contributed by atoms with Gasteiger partial charge in [0.25, 0.3) is 0 Å². The molecule has 320 valence electrons. The lowest BCUT2D eigenvalue weighted by Crippen LogP contribution is -2.59. The molecule has 0 aliphatic heterocycles. The SMILES string of the molecule is CSCC[C@H](NC(=O)CN)C(=O)N[C@@H](C)C(=O)N[C@@H](CC1CCCCC1)C(=O)N[C@@H](C)C(=O)N[C@@H](Cc1c[nH]c2ccccc12)C(=O)N[C@H](Cc1ccccc1)C(=O)O. The molecule has 1 fully saturated rings. The van der Waals surface area contributed by atoms with Crippen LogP contribution in [0.4, 0.5) is 0 Å². The van der Waals surface area contributed by atoms with Gasteiger partial charge in [0.2, 0.25) is 35.4 Å². The van der Waals surface area contributed by atoms with Crippen LogP contribution < -0.4 is 37.6 Å². The van der Waals surface area contributed by atoms with Crippen LogP contribution in [0.15, 0.2) is 60.8 Å². The number of hydrogen-bond acceptors (Lipinski definition) is 9. The molecule has 0 saturated heterocycles. The number of thioether (sulfide) groups is 1. The number of hydrogen-bond donors (Lipinski definition) is 9. The molecule has 10 N–H and O–H groups in total. The predicted molar refractivity (Wildman–Crippen MR) is 226 cm³/mol. The van der Waals surface area contributed by atoms with Crippen molar-refractivity contribution in [2.75, 3.05) is 18.6 Å². The van der Waals surface area contributed by atoms with Gasteiger partial charge in [0.15, 0.2) is 0 Å². The Balaban J connectivity index is 1.48. The fourth-order valence-corrected chi connectivity index (χ4v) is 7.62. The number of carbonyl (C=O) groups is 7. The monoisotopic (exact) mass is 834 g/mol. The first-order chi connectivity index (χ1) is 28.3. The number of rotatable bonds is 22. The Hall–Kier alpha value is -5.42. The van der Waals surface area contributed by atoms with Gasteiger partial charge in [0.05, 0.1) is 6.54 Å². The second kappa shape index (κ2) is 23.2. The molecule has 1 saturated carbocycles. The Bertz CT molecular complexity index is 1900. The van der Waals surface area contributed by atoms with Crippen LogP contribution in [0.3, 0.4) is 0 Å². The van der Waals surface area contributed by atoms with E-state index in [1.807, 2.05) is 30.5 Å². The summed E-state index contributed by atoms with van der Waals surface area (Å²) in [7, 11) is 0. The lowest BCUT2D eigenvalue weighted by Gasteiger charge is -2.29. The van der Waals surface area contributed by atoms with E-state index in [2.05, 4.69) is 36.9 Å². The van der Waals surface area contributed by atoms with Gasteiger partial charge in [-0.3, -0.25) is 28.8 Å². The molecule has 1 heterocycles. The highest BCUT2D eigenvalue weighted by Crippen LogP contribution is 2.27. The number of nitrogens with two attached hydrogens (primary N) is 1. The number of H-pyrrole nitrogens is 1. The van der Waals surface area contributed by atoms with Crippen LogP contribution in [0.25, 0.3) is 10.9 Å². The summed E-state index contributed by atoms with van der Waals surface area (Å²) >= 11 is 1.49. The smallest absolute Gasteiger partial charge is 0.326 e. The van der Waals surface area contributed by atoms with Gasteiger partial charge in [0, 0.05) is 29.9 Å². The van der Waals surface area contributed by atoms with Crippen molar-refractivity contribution < 1.29 is 38.7 Å². The van der Waals surface area contributed by atoms with E-state index in [4.69, 9.17) is 5.73 Å². The third kappa shape index (κ3) is 14.4. The van der Waals surface area contributed by atoms with E-state index in [-0.39, 0.29) is 25.3 Å². The first kappa shape index (κ1) is 46.3. The zero-order chi connectivity index (χ0) is 42.9. The molecule has 2 aromatic carbocycles. The highest BCUT2D eigenvalue weighted by molar-refractivity contribution is 7.98. The molecule has 4 rings (SSSR count). The second-order valence-corrected chi connectivity index (χ2v) is 16.1. The van der Waals surface area contributed by atoms with Crippen molar-refractivity contribution in [2.24, 2.45) is 11.7 Å². The molecular formula is C42H58N8O8S. The van der Waals surface area contributed by atoms with Gasteiger partial charge < -0.3 is 47.7 Å². The number of benzene rings is 2. The number of para-hydroxylation sites is 1. The summed E-state index contributed by atoms with van der Waals surface area (Å²) in [5, 5.41) is 26.8. The zero-order valence-corrected chi connectivity index (χ0v) is 34.7. The number of carboxylic acids is 1. The molecular weight excluding hydrogens is 777 g/mol. The fraction of sp³-hybridized carbons (Fsp3) is 0.500. The van der Waals surface area contributed by atoms with Crippen LogP contribution in [0.2, 0.25) is 0 Å². The molecule has 1 aliphatic rings. The van der Waals surface area contributed by atoms with Crippen molar-refractivity contribution >= 4 is 64.1 Å². The minimum Gasteiger partial charge on any atom is -0.480 e. The summed E-state index contributed by atoms with van der Waals surface area (Å²) in [6, 6.07) is 9.57. The van der Waals surface area contributed by atoms with Gasteiger partial charge in [-0.05, 0) is 61.8 Å². The van der Waals surface area contributed by atoms with E-state index >= 15 is 0 Å². The van der Waals surface area contributed by atoms with Crippen LogP contribution >= 0.6 is 11.8 Å². The Kier molecular flexibility index (Phi) is 18.2. The minimum absolute atomic E-state index is 0.0118. The molecule has 0 bridgehead atoms. The van der Waals surface area contributed by atoms with Crippen LogP contribution in [-0.4, -0.2) is 106 Å². The highest BCUT2D eigenvalue weighted by atomic mass is 32.2. The van der Waals surface area contributed by atoms with Gasteiger partial charge in [-0.15, -0.1) is 0 Å². The van der Waals surface area contributed by atoms with Crippen LogP contribution in [0.1, 0.15) is 69.9 Å². The highest BCUT2D eigenvalue weighted by Gasteiger charge is 2.33. The molecule has 17 heteroatoms. The van der Waals surface area contributed by atoms with E-state index in [9.17, 15) is 38.7 Å². The number of aromatic nitrogens is 1. The molecule has 1 aromatic heterocycles. The molecule has 59 heavy (non-hydrogen) atoms. The average Bonchev–Trinajstić information content (AvgIpc) is 3.64. The largest absolute Gasteiger partial charge is 0.480 e. The second-order valence-electron chi connectivity index (χ2n) is 15.1. The van der Waals surface area contributed by atoms with E-state index in [0.717, 1.165) is 43.0 Å². The van der Waals surface area contributed by atoms with E-state index in [1.54, 1.807) is 36.5 Å². The molecule has 1 aliphatic carbocycles. The van der Waals surface area contributed by atoms with Crippen LogP contribution in [0.5, 0.6) is 0 Å². The van der Waals surface area contributed by atoms with Gasteiger partial charge in [0.1, 0.15) is 36.3 Å². The number of fused-ring (bicyclic) bond motifs is 1. The average molecular weight is 835 g/mol. The van der Waals surface area contributed by atoms with Crippen molar-refractivity contribution in [3.05, 3.63) is 71.9 Å². The van der Waals surface area contributed by atoms with Crippen molar-refractivity contribution in [3.8, 4) is 0 Å². The molecule has 6 amide bonds. The molecule has 3 aromatic rings. The number of carbonyl (C=O) groups excluding carboxylic acids is 6. The summed E-state index contributed by atoms with van der Waals surface area (Å²) < 4.78 is 0. The number of nitrogens with one attached hydrogen (secondary N) is 7. The predicted octanol–water partition coefficient (Wildman–Crippen LogP) is 1.67. The molecule has 0 radical (unpaired) electrons. The Morgan fingerprint density at radius 3 is 1.92 bits per heavy atom. The standard InChI is InChI=1S/C42H58N8O8S/c1-25(45-39(54)32(18-19-59-3)47-36(51)23-43)37(52)48-33(20-27-12-6-4-7-13-27)40(55)46-26(2)38(53)49-34(22-29-24-44-31-17-11-10-16-30(29)31)41(56)50-35(42(57)58)21-28-14-8-5-9-15-28/h5,8-11,14-17,24-27,32-35,44H,4,6-7,12-13,18-23,43H2,1-3H3,(H,45,54)(H,46,55)(H,47,51)(H,48,52)(H,49,53)(H,50,56)(H,57,58)/t25-,26-,32-,33-,34-,35+/m0/s1. The Labute approximate surface area is 348 Å².